The normalized spacial score (nSPS) is 10.4. The Kier molecular flexibility index (Phi) is 5.03. The van der Waals surface area contributed by atoms with Crippen LogP contribution in [-0.2, 0) is 11.2 Å². The molecule has 0 spiro atoms. The lowest BCUT2D eigenvalue weighted by Crippen LogP contribution is -2.17. The van der Waals surface area contributed by atoms with Crippen LogP contribution in [0.25, 0.3) is 0 Å². The van der Waals surface area contributed by atoms with Crippen LogP contribution in [-0.4, -0.2) is 18.0 Å². The summed E-state index contributed by atoms with van der Waals surface area (Å²) in [5.41, 5.74) is 4.25. The summed E-state index contributed by atoms with van der Waals surface area (Å²) >= 11 is 5.99. The molecule has 2 rings (SSSR count). The zero-order valence-corrected chi connectivity index (χ0v) is 13.9. The van der Waals surface area contributed by atoms with Crippen LogP contribution in [0.15, 0.2) is 24.3 Å². The predicted molar refractivity (Wildman–Crippen MR) is 88.8 cm³/mol. The number of nitrogens with zero attached hydrogens (tertiary/aromatic N) is 1. The lowest BCUT2D eigenvalue weighted by molar-refractivity contribution is -0.115. The van der Waals surface area contributed by atoms with Crippen LogP contribution in [0.1, 0.15) is 22.5 Å². The van der Waals surface area contributed by atoms with Crippen LogP contribution in [0.5, 0.6) is 5.75 Å². The zero-order valence-electron chi connectivity index (χ0n) is 13.2. The van der Waals surface area contributed by atoms with Gasteiger partial charge in [0.25, 0.3) is 0 Å². The van der Waals surface area contributed by atoms with Crippen LogP contribution >= 0.6 is 11.6 Å². The maximum absolute atomic E-state index is 12.3. The van der Waals surface area contributed by atoms with Crippen LogP contribution in [0.2, 0.25) is 5.02 Å². The second-order valence-corrected chi connectivity index (χ2v) is 5.66. The number of carbonyl (C=O) groups excluding carboxylic acids is 1. The van der Waals surface area contributed by atoms with Gasteiger partial charge < -0.3 is 10.1 Å². The summed E-state index contributed by atoms with van der Waals surface area (Å²) in [5, 5.41) is 3.50. The Morgan fingerprint density at radius 2 is 2.00 bits per heavy atom. The molecule has 1 heterocycles. The van der Waals surface area contributed by atoms with Crippen LogP contribution in [0.3, 0.4) is 0 Å². The Hall–Kier alpha value is -2.07. The van der Waals surface area contributed by atoms with Gasteiger partial charge in [0.15, 0.2) is 0 Å². The van der Waals surface area contributed by atoms with E-state index >= 15 is 0 Å². The minimum absolute atomic E-state index is 0.127. The molecule has 4 nitrogen and oxygen atoms in total. The lowest BCUT2D eigenvalue weighted by atomic mass is 10.1. The molecule has 1 aromatic heterocycles. The average molecular weight is 319 g/mol. The molecule has 1 amide bonds. The minimum Gasteiger partial charge on any atom is -0.496 e. The van der Waals surface area contributed by atoms with Gasteiger partial charge in [-0.1, -0.05) is 11.6 Å². The first-order valence-electron chi connectivity index (χ1n) is 6.98. The van der Waals surface area contributed by atoms with E-state index in [-0.39, 0.29) is 12.3 Å². The summed E-state index contributed by atoms with van der Waals surface area (Å²) in [4.78, 5) is 16.7. The number of anilines is 1. The van der Waals surface area contributed by atoms with E-state index in [1.54, 1.807) is 25.3 Å². The molecule has 0 fully saturated rings. The van der Waals surface area contributed by atoms with E-state index in [1.165, 1.54) is 0 Å². The highest BCUT2D eigenvalue weighted by Gasteiger charge is 2.13. The van der Waals surface area contributed by atoms with Crippen LogP contribution in [0.4, 0.5) is 5.69 Å². The van der Waals surface area contributed by atoms with Gasteiger partial charge in [0, 0.05) is 16.3 Å². The highest BCUT2D eigenvalue weighted by atomic mass is 35.5. The molecule has 0 aliphatic carbocycles. The number of rotatable bonds is 4. The number of pyridine rings is 1. The van der Waals surface area contributed by atoms with Crippen molar-refractivity contribution in [3.05, 3.63) is 51.8 Å². The fourth-order valence-corrected chi connectivity index (χ4v) is 2.65. The first-order valence-corrected chi connectivity index (χ1v) is 7.35. The van der Waals surface area contributed by atoms with Crippen molar-refractivity contribution >= 4 is 23.2 Å². The predicted octanol–water partition coefficient (Wildman–Crippen LogP) is 3.85. The molecule has 1 N–H and O–H groups in total. The van der Waals surface area contributed by atoms with E-state index in [2.05, 4.69) is 10.3 Å². The number of carbonyl (C=O) groups is 1. The molecule has 0 unspecified atom stereocenters. The fourth-order valence-electron chi connectivity index (χ4n) is 2.45. The SMILES string of the molecule is COc1ccc(Cl)cc1CC(=O)Nc1c(C)cc(C)nc1C. The van der Waals surface area contributed by atoms with Gasteiger partial charge in [0.1, 0.15) is 5.75 Å². The summed E-state index contributed by atoms with van der Waals surface area (Å²) in [6, 6.07) is 7.19. The molecule has 0 aliphatic heterocycles. The Morgan fingerprint density at radius 3 is 2.64 bits per heavy atom. The second kappa shape index (κ2) is 6.79. The summed E-state index contributed by atoms with van der Waals surface area (Å²) in [6.45, 7) is 5.77. The Bertz CT molecular complexity index is 691. The highest BCUT2D eigenvalue weighted by Crippen LogP contribution is 2.24. The van der Waals surface area contributed by atoms with Crippen molar-refractivity contribution in [1.82, 2.24) is 4.98 Å². The summed E-state index contributed by atoms with van der Waals surface area (Å²) in [5.74, 6) is 0.521. The summed E-state index contributed by atoms with van der Waals surface area (Å²) in [7, 11) is 1.57. The largest absolute Gasteiger partial charge is 0.496 e. The van der Waals surface area contributed by atoms with Crippen LogP contribution < -0.4 is 10.1 Å². The monoisotopic (exact) mass is 318 g/mol. The number of hydrogen-bond donors (Lipinski definition) is 1. The average Bonchev–Trinajstić information content (AvgIpc) is 2.43. The third kappa shape index (κ3) is 3.77. The third-order valence-electron chi connectivity index (χ3n) is 3.38. The number of amides is 1. The number of nitrogens with one attached hydrogen (secondary N) is 1. The second-order valence-electron chi connectivity index (χ2n) is 5.22. The number of aromatic nitrogens is 1. The van der Waals surface area contributed by atoms with Gasteiger partial charge in [-0.05, 0) is 50.6 Å². The number of hydrogen-bond acceptors (Lipinski definition) is 3. The van der Waals surface area contributed by atoms with Gasteiger partial charge in [-0.25, -0.2) is 0 Å². The zero-order chi connectivity index (χ0) is 16.3. The summed E-state index contributed by atoms with van der Waals surface area (Å²) in [6.07, 6.45) is 0.191. The Morgan fingerprint density at radius 1 is 1.27 bits per heavy atom. The smallest absolute Gasteiger partial charge is 0.228 e. The van der Waals surface area contributed by atoms with Gasteiger partial charge in [-0.2, -0.15) is 0 Å². The molecule has 0 saturated carbocycles. The van der Waals surface area contributed by atoms with Crippen molar-refractivity contribution in [2.75, 3.05) is 12.4 Å². The van der Waals surface area contributed by atoms with Crippen LogP contribution in [0, 0.1) is 20.8 Å². The molecule has 0 saturated heterocycles. The molecule has 0 atom stereocenters. The molecule has 0 bridgehead atoms. The van der Waals surface area contributed by atoms with E-state index < -0.39 is 0 Å². The van der Waals surface area contributed by atoms with E-state index in [9.17, 15) is 4.79 Å². The summed E-state index contributed by atoms with van der Waals surface area (Å²) < 4.78 is 5.26. The van der Waals surface area contributed by atoms with Gasteiger partial charge >= 0.3 is 0 Å². The van der Waals surface area contributed by atoms with Crippen molar-refractivity contribution in [3.63, 3.8) is 0 Å². The molecule has 22 heavy (non-hydrogen) atoms. The first kappa shape index (κ1) is 16.3. The van der Waals surface area contributed by atoms with Gasteiger partial charge in [0.2, 0.25) is 5.91 Å². The highest BCUT2D eigenvalue weighted by molar-refractivity contribution is 6.30. The number of methoxy groups -OCH3 is 1. The standard InChI is InChI=1S/C17H19ClN2O2/c1-10-7-11(2)19-12(3)17(10)20-16(21)9-13-8-14(18)5-6-15(13)22-4/h5-8H,9H2,1-4H3,(H,20,21). The quantitative estimate of drug-likeness (QED) is 0.931. The van der Waals surface area contributed by atoms with Crippen molar-refractivity contribution < 1.29 is 9.53 Å². The maximum Gasteiger partial charge on any atom is 0.228 e. The molecule has 0 aliphatic rings. The van der Waals surface area contributed by atoms with E-state index in [0.29, 0.717) is 10.8 Å². The van der Waals surface area contributed by atoms with E-state index in [4.69, 9.17) is 16.3 Å². The fraction of sp³-hybridized carbons (Fsp3) is 0.294. The minimum atomic E-state index is -0.127. The molecule has 1 aromatic carbocycles. The number of aryl methyl sites for hydroxylation is 3. The Labute approximate surface area is 135 Å². The molecule has 2 aromatic rings. The third-order valence-corrected chi connectivity index (χ3v) is 3.62. The van der Waals surface area contributed by atoms with E-state index in [1.807, 2.05) is 26.8 Å². The number of ether oxygens (including phenoxy) is 1. The van der Waals surface area contributed by atoms with Crippen molar-refractivity contribution in [3.8, 4) is 5.75 Å². The molecular weight excluding hydrogens is 300 g/mol. The van der Waals surface area contributed by atoms with E-state index in [0.717, 1.165) is 28.2 Å². The van der Waals surface area contributed by atoms with Gasteiger partial charge in [-0.15, -0.1) is 0 Å². The van der Waals surface area contributed by atoms with Crippen molar-refractivity contribution in [2.45, 2.75) is 27.2 Å². The first-order chi connectivity index (χ1) is 10.4. The number of halogens is 1. The topological polar surface area (TPSA) is 51.2 Å². The molecule has 0 radical (unpaired) electrons. The maximum atomic E-state index is 12.3. The molecule has 116 valence electrons. The lowest BCUT2D eigenvalue weighted by Gasteiger charge is -2.13. The number of benzene rings is 1. The molecular formula is C17H19ClN2O2. The van der Waals surface area contributed by atoms with Crippen molar-refractivity contribution in [2.24, 2.45) is 0 Å². The molecule has 5 heteroatoms. The van der Waals surface area contributed by atoms with Gasteiger partial charge in [0.05, 0.1) is 24.9 Å². The van der Waals surface area contributed by atoms with Crippen molar-refractivity contribution in [1.29, 1.82) is 0 Å². The Balaban J connectivity index is 2.19. The van der Waals surface area contributed by atoms with Gasteiger partial charge in [-0.3, -0.25) is 9.78 Å².